The second-order valence-corrected chi connectivity index (χ2v) is 3.37. The maximum absolute atomic E-state index is 5.98. The highest BCUT2D eigenvalue weighted by molar-refractivity contribution is 6.33. The molecule has 14 heavy (non-hydrogen) atoms. The molecule has 0 saturated carbocycles. The molecular weight excluding hydrogens is 198 g/mol. The second kappa shape index (κ2) is 4.20. The second-order valence-electron chi connectivity index (χ2n) is 2.96. The maximum Gasteiger partial charge on any atom is 0.0952 e. The summed E-state index contributed by atoms with van der Waals surface area (Å²) in [4.78, 5) is 0. The molecule has 0 bridgehead atoms. The van der Waals surface area contributed by atoms with Crippen LogP contribution < -0.4 is 5.32 Å². The highest BCUT2D eigenvalue weighted by Crippen LogP contribution is 2.20. The third kappa shape index (κ3) is 2.09. The molecular formula is C11H10ClNO. The van der Waals surface area contributed by atoms with Crippen LogP contribution in [0.25, 0.3) is 0 Å². The van der Waals surface area contributed by atoms with Gasteiger partial charge in [-0.3, -0.25) is 0 Å². The van der Waals surface area contributed by atoms with Crippen LogP contribution >= 0.6 is 11.6 Å². The number of para-hydroxylation sites is 1. The number of halogens is 1. The molecule has 1 N–H and O–H groups in total. The molecule has 0 fully saturated rings. The zero-order valence-electron chi connectivity index (χ0n) is 7.53. The van der Waals surface area contributed by atoms with Crippen molar-refractivity contribution in [3.63, 3.8) is 0 Å². The highest BCUT2D eigenvalue weighted by Gasteiger charge is 1.98. The summed E-state index contributed by atoms with van der Waals surface area (Å²) in [7, 11) is 0. The van der Waals surface area contributed by atoms with Crippen molar-refractivity contribution in [2.45, 2.75) is 6.54 Å². The van der Waals surface area contributed by atoms with E-state index >= 15 is 0 Å². The van der Waals surface area contributed by atoms with Crippen molar-refractivity contribution in [3.05, 3.63) is 53.4 Å². The van der Waals surface area contributed by atoms with E-state index < -0.39 is 0 Å². The Hall–Kier alpha value is -1.41. The topological polar surface area (TPSA) is 25.2 Å². The van der Waals surface area contributed by atoms with Gasteiger partial charge in [0.1, 0.15) is 0 Å². The number of anilines is 1. The summed E-state index contributed by atoms with van der Waals surface area (Å²) in [6.45, 7) is 0.722. The van der Waals surface area contributed by atoms with E-state index in [9.17, 15) is 0 Å². The van der Waals surface area contributed by atoms with E-state index in [-0.39, 0.29) is 0 Å². The number of hydrogen-bond acceptors (Lipinski definition) is 2. The van der Waals surface area contributed by atoms with E-state index in [2.05, 4.69) is 5.32 Å². The average molecular weight is 208 g/mol. The lowest BCUT2D eigenvalue weighted by atomic mass is 10.3. The number of benzene rings is 1. The summed E-state index contributed by atoms with van der Waals surface area (Å²) in [5, 5.41) is 3.96. The van der Waals surface area contributed by atoms with Crippen LogP contribution in [0.4, 0.5) is 5.69 Å². The molecule has 1 heterocycles. The van der Waals surface area contributed by atoms with E-state index in [0.29, 0.717) is 0 Å². The third-order valence-corrected chi connectivity index (χ3v) is 2.27. The van der Waals surface area contributed by atoms with Gasteiger partial charge in [0.15, 0.2) is 0 Å². The summed E-state index contributed by atoms with van der Waals surface area (Å²) in [5.41, 5.74) is 2.04. The van der Waals surface area contributed by atoms with Crippen molar-refractivity contribution in [2.75, 3.05) is 5.32 Å². The Morgan fingerprint density at radius 1 is 1.21 bits per heavy atom. The fourth-order valence-electron chi connectivity index (χ4n) is 1.20. The molecule has 0 spiro atoms. The summed E-state index contributed by atoms with van der Waals surface area (Å²) in [6, 6.07) is 9.58. The van der Waals surface area contributed by atoms with Crippen LogP contribution in [0.2, 0.25) is 5.02 Å². The Morgan fingerprint density at radius 2 is 2.07 bits per heavy atom. The van der Waals surface area contributed by atoms with Gasteiger partial charge in [0.25, 0.3) is 0 Å². The minimum Gasteiger partial charge on any atom is -0.472 e. The van der Waals surface area contributed by atoms with Gasteiger partial charge in [-0.1, -0.05) is 23.7 Å². The summed E-state index contributed by atoms with van der Waals surface area (Å²) in [5.74, 6) is 0. The summed E-state index contributed by atoms with van der Waals surface area (Å²) < 4.78 is 4.96. The van der Waals surface area contributed by atoms with Gasteiger partial charge in [-0.15, -0.1) is 0 Å². The van der Waals surface area contributed by atoms with E-state index in [1.54, 1.807) is 12.5 Å². The molecule has 0 unspecified atom stereocenters. The SMILES string of the molecule is Clc1ccccc1NCc1ccoc1. The largest absolute Gasteiger partial charge is 0.472 e. The highest BCUT2D eigenvalue weighted by atomic mass is 35.5. The standard InChI is InChI=1S/C11H10ClNO/c12-10-3-1-2-4-11(10)13-7-9-5-6-14-8-9/h1-6,8,13H,7H2. The molecule has 2 nitrogen and oxygen atoms in total. The lowest BCUT2D eigenvalue weighted by Crippen LogP contribution is -1.98. The van der Waals surface area contributed by atoms with Crippen molar-refractivity contribution in [1.29, 1.82) is 0 Å². The number of furan rings is 1. The van der Waals surface area contributed by atoms with Gasteiger partial charge >= 0.3 is 0 Å². The van der Waals surface area contributed by atoms with E-state index in [1.165, 1.54) is 0 Å². The van der Waals surface area contributed by atoms with Gasteiger partial charge in [-0.25, -0.2) is 0 Å². The van der Waals surface area contributed by atoms with Crippen LogP contribution in [-0.2, 0) is 6.54 Å². The summed E-state index contributed by atoms with van der Waals surface area (Å²) in [6.07, 6.45) is 3.37. The van der Waals surface area contributed by atoms with Crippen molar-refractivity contribution in [3.8, 4) is 0 Å². The minimum absolute atomic E-state index is 0.722. The Morgan fingerprint density at radius 3 is 2.79 bits per heavy atom. The molecule has 0 amide bonds. The molecule has 1 aromatic heterocycles. The van der Waals surface area contributed by atoms with E-state index in [1.807, 2.05) is 30.3 Å². The van der Waals surface area contributed by atoms with Gasteiger partial charge in [-0.05, 0) is 18.2 Å². The zero-order chi connectivity index (χ0) is 9.80. The smallest absolute Gasteiger partial charge is 0.0952 e. The van der Waals surface area contributed by atoms with Crippen LogP contribution in [0.15, 0.2) is 47.3 Å². The van der Waals surface area contributed by atoms with Gasteiger partial charge in [-0.2, -0.15) is 0 Å². The maximum atomic E-state index is 5.98. The van der Waals surface area contributed by atoms with Crippen LogP contribution in [0.3, 0.4) is 0 Å². The predicted molar refractivity (Wildman–Crippen MR) is 57.5 cm³/mol. The molecule has 2 aromatic rings. The van der Waals surface area contributed by atoms with Crippen molar-refractivity contribution in [2.24, 2.45) is 0 Å². The molecule has 0 aliphatic rings. The number of hydrogen-bond donors (Lipinski definition) is 1. The average Bonchev–Trinajstić information content (AvgIpc) is 2.69. The van der Waals surface area contributed by atoms with Crippen molar-refractivity contribution in [1.82, 2.24) is 0 Å². The van der Waals surface area contributed by atoms with Crippen LogP contribution in [0.1, 0.15) is 5.56 Å². The Kier molecular flexibility index (Phi) is 2.75. The Bertz CT molecular complexity index is 397. The molecule has 0 radical (unpaired) electrons. The molecule has 2 rings (SSSR count). The minimum atomic E-state index is 0.722. The first-order valence-electron chi connectivity index (χ1n) is 4.36. The van der Waals surface area contributed by atoms with Gasteiger partial charge in [0.2, 0.25) is 0 Å². The van der Waals surface area contributed by atoms with Gasteiger partial charge in [0, 0.05) is 12.1 Å². The van der Waals surface area contributed by atoms with Gasteiger partial charge in [0.05, 0.1) is 23.2 Å². The van der Waals surface area contributed by atoms with E-state index in [0.717, 1.165) is 22.8 Å². The normalized spacial score (nSPS) is 10.1. The number of rotatable bonds is 3. The first kappa shape index (κ1) is 9.16. The molecule has 3 heteroatoms. The Labute approximate surface area is 87.5 Å². The predicted octanol–water partition coefficient (Wildman–Crippen LogP) is 3.55. The molecule has 0 saturated heterocycles. The monoisotopic (exact) mass is 207 g/mol. The van der Waals surface area contributed by atoms with Crippen LogP contribution in [-0.4, -0.2) is 0 Å². The zero-order valence-corrected chi connectivity index (χ0v) is 8.29. The van der Waals surface area contributed by atoms with E-state index in [4.69, 9.17) is 16.0 Å². The van der Waals surface area contributed by atoms with Crippen molar-refractivity contribution < 1.29 is 4.42 Å². The third-order valence-electron chi connectivity index (χ3n) is 1.94. The van der Waals surface area contributed by atoms with Crippen LogP contribution in [0.5, 0.6) is 0 Å². The van der Waals surface area contributed by atoms with Gasteiger partial charge < -0.3 is 9.73 Å². The fourth-order valence-corrected chi connectivity index (χ4v) is 1.40. The molecule has 72 valence electrons. The first-order valence-corrected chi connectivity index (χ1v) is 4.73. The fraction of sp³-hybridized carbons (Fsp3) is 0.0909. The van der Waals surface area contributed by atoms with Crippen molar-refractivity contribution >= 4 is 17.3 Å². The molecule has 1 aromatic carbocycles. The quantitative estimate of drug-likeness (QED) is 0.833. The lowest BCUT2D eigenvalue weighted by Gasteiger charge is -2.05. The molecule has 0 aliphatic carbocycles. The number of nitrogens with one attached hydrogen (secondary N) is 1. The first-order chi connectivity index (χ1) is 6.86. The molecule has 0 atom stereocenters. The molecule has 0 aliphatic heterocycles. The lowest BCUT2D eigenvalue weighted by molar-refractivity contribution is 0.564. The summed E-state index contributed by atoms with van der Waals surface area (Å²) >= 11 is 5.98. The van der Waals surface area contributed by atoms with Crippen LogP contribution in [0, 0.1) is 0 Å². The Balaban J connectivity index is 2.02.